The summed E-state index contributed by atoms with van der Waals surface area (Å²) in [6.07, 6.45) is 3.45. The van der Waals surface area contributed by atoms with Gasteiger partial charge in [-0.2, -0.15) is 0 Å². The van der Waals surface area contributed by atoms with Crippen molar-refractivity contribution in [3.63, 3.8) is 0 Å². The largest absolute Gasteiger partial charge is 0.494 e. The van der Waals surface area contributed by atoms with Gasteiger partial charge >= 0.3 is 0 Å². The van der Waals surface area contributed by atoms with E-state index in [0.29, 0.717) is 40.2 Å². The van der Waals surface area contributed by atoms with Crippen molar-refractivity contribution in [2.45, 2.75) is 38.2 Å². The number of furan rings is 1. The number of aryl methyl sites for hydroxylation is 2. The highest BCUT2D eigenvalue weighted by Gasteiger charge is 2.29. The summed E-state index contributed by atoms with van der Waals surface area (Å²) >= 11 is 0. The van der Waals surface area contributed by atoms with Gasteiger partial charge in [0.05, 0.1) is 30.9 Å². The molecule has 0 aliphatic carbocycles. The molecule has 0 unspecified atom stereocenters. The molecule has 0 amide bonds. The van der Waals surface area contributed by atoms with Gasteiger partial charge in [0.25, 0.3) is 0 Å². The van der Waals surface area contributed by atoms with Crippen LogP contribution in [-0.4, -0.2) is 52.6 Å². The van der Waals surface area contributed by atoms with Crippen molar-refractivity contribution in [1.82, 2.24) is 24.7 Å². The molecule has 184 valence electrons. The van der Waals surface area contributed by atoms with Crippen molar-refractivity contribution in [3.8, 4) is 28.8 Å². The van der Waals surface area contributed by atoms with Crippen LogP contribution in [0, 0.1) is 13.8 Å². The lowest BCUT2D eigenvalue weighted by Gasteiger charge is -2.18. The van der Waals surface area contributed by atoms with Crippen LogP contribution < -0.4 is 9.47 Å². The number of nitrogens with zero attached hydrogens (tertiary/aromatic N) is 5. The highest BCUT2D eigenvalue weighted by Crippen LogP contribution is 2.37. The molecule has 1 aromatic carbocycles. The summed E-state index contributed by atoms with van der Waals surface area (Å²) in [6, 6.07) is 8.85. The second-order valence-corrected chi connectivity index (χ2v) is 10.6. The molecule has 0 fully saturated rings. The molecule has 0 bridgehead atoms. The Morgan fingerprint density at radius 1 is 1.00 bits per heavy atom. The molecule has 0 saturated heterocycles. The van der Waals surface area contributed by atoms with Crippen LogP contribution in [0.3, 0.4) is 0 Å². The number of ether oxygens (including phenoxy) is 2. The van der Waals surface area contributed by atoms with E-state index in [9.17, 15) is 8.42 Å². The van der Waals surface area contributed by atoms with E-state index in [0.717, 1.165) is 5.69 Å². The van der Waals surface area contributed by atoms with Gasteiger partial charge in [-0.25, -0.2) is 8.42 Å². The molecule has 10 nitrogen and oxygen atoms in total. The Morgan fingerprint density at radius 3 is 2.29 bits per heavy atom. The first-order chi connectivity index (χ1) is 16.7. The topological polar surface area (TPSA) is 122 Å². The lowest BCUT2D eigenvalue weighted by Crippen LogP contribution is -2.24. The Kier molecular flexibility index (Phi) is 6.88. The highest BCUT2D eigenvalue weighted by atomic mass is 32.2. The van der Waals surface area contributed by atoms with E-state index in [1.807, 2.05) is 13.8 Å². The van der Waals surface area contributed by atoms with Crippen molar-refractivity contribution in [1.29, 1.82) is 0 Å². The Morgan fingerprint density at radius 2 is 1.71 bits per heavy atom. The maximum Gasteiger partial charge on any atom is 0.204 e. The number of para-hydroxylation sites is 1. The third-order valence-electron chi connectivity index (χ3n) is 5.59. The fourth-order valence-electron chi connectivity index (χ4n) is 3.68. The Hall–Kier alpha value is -3.73. The van der Waals surface area contributed by atoms with Gasteiger partial charge in [0.1, 0.15) is 28.7 Å². The molecule has 4 aromatic rings. The minimum absolute atomic E-state index is 0.207. The minimum atomic E-state index is -3.66. The average molecular weight is 498 g/mol. The molecular formula is C24H27N5O5S. The molecule has 1 atom stereocenters. The second kappa shape index (κ2) is 9.87. The van der Waals surface area contributed by atoms with Crippen molar-refractivity contribution in [2.75, 3.05) is 14.2 Å². The maximum atomic E-state index is 13.4. The molecule has 0 saturated carbocycles. The molecule has 3 aromatic heterocycles. The minimum Gasteiger partial charge on any atom is -0.494 e. The predicted molar refractivity (Wildman–Crippen MR) is 129 cm³/mol. The Labute approximate surface area is 203 Å². The molecule has 3 heterocycles. The van der Waals surface area contributed by atoms with E-state index >= 15 is 0 Å². The van der Waals surface area contributed by atoms with Gasteiger partial charge < -0.3 is 13.9 Å². The lowest BCUT2D eigenvalue weighted by atomic mass is 10.2. The van der Waals surface area contributed by atoms with Crippen molar-refractivity contribution in [2.24, 2.45) is 0 Å². The number of hydrogen-bond donors (Lipinski definition) is 0. The average Bonchev–Trinajstić information content (AvgIpc) is 3.45. The summed E-state index contributed by atoms with van der Waals surface area (Å²) in [5, 5.41) is 7.81. The zero-order chi connectivity index (χ0) is 25.2. The molecule has 0 radical (unpaired) electrons. The van der Waals surface area contributed by atoms with Gasteiger partial charge in [-0.05, 0) is 45.0 Å². The zero-order valence-electron chi connectivity index (χ0n) is 20.2. The first-order valence-corrected chi connectivity index (χ1v) is 12.7. The summed E-state index contributed by atoms with van der Waals surface area (Å²) in [5.41, 5.74) is 1.85. The SMILES string of the molecule is COc1cccc(OC)c1-n1c(CS(=O)(=O)[C@@H](C)Cc2cnc(C)cn2)nnc1-c1ccc(C)o1. The van der Waals surface area contributed by atoms with Crippen LogP contribution in [0.4, 0.5) is 0 Å². The summed E-state index contributed by atoms with van der Waals surface area (Å²) in [7, 11) is -0.602. The summed E-state index contributed by atoms with van der Waals surface area (Å²) in [5.74, 6) is 2.24. The monoisotopic (exact) mass is 497 g/mol. The lowest BCUT2D eigenvalue weighted by molar-refractivity contribution is 0.390. The smallest absolute Gasteiger partial charge is 0.204 e. The van der Waals surface area contributed by atoms with Crippen LogP contribution in [0.15, 0.2) is 47.1 Å². The maximum absolute atomic E-state index is 13.4. The van der Waals surface area contributed by atoms with E-state index < -0.39 is 15.1 Å². The first kappa shape index (κ1) is 24.4. The first-order valence-electron chi connectivity index (χ1n) is 10.9. The van der Waals surface area contributed by atoms with E-state index in [1.165, 1.54) is 14.2 Å². The number of rotatable bonds is 9. The number of benzene rings is 1. The van der Waals surface area contributed by atoms with Crippen molar-refractivity contribution < 1.29 is 22.3 Å². The van der Waals surface area contributed by atoms with Gasteiger partial charge in [0.2, 0.25) is 5.82 Å². The predicted octanol–water partition coefficient (Wildman–Crippen LogP) is 3.50. The summed E-state index contributed by atoms with van der Waals surface area (Å²) < 4.78 is 45.4. The van der Waals surface area contributed by atoms with Gasteiger partial charge in [-0.3, -0.25) is 14.5 Å². The van der Waals surface area contributed by atoms with Crippen LogP contribution in [0.25, 0.3) is 17.3 Å². The van der Waals surface area contributed by atoms with Gasteiger partial charge in [0.15, 0.2) is 21.4 Å². The normalized spacial score (nSPS) is 12.5. The molecule has 0 aliphatic heterocycles. The van der Waals surface area contributed by atoms with Crippen LogP contribution in [0.5, 0.6) is 11.5 Å². The molecule has 0 aliphatic rings. The highest BCUT2D eigenvalue weighted by molar-refractivity contribution is 7.91. The van der Waals surface area contributed by atoms with Crippen molar-refractivity contribution in [3.05, 3.63) is 65.7 Å². The molecule has 35 heavy (non-hydrogen) atoms. The molecule has 11 heteroatoms. The summed E-state index contributed by atoms with van der Waals surface area (Å²) in [4.78, 5) is 8.50. The zero-order valence-corrected chi connectivity index (χ0v) is 21.0. The third-order valence-corrected chi connectivity index (χ3v) is 7.64. The Balaban J connectivity index is 1.79. The quantitative estimate of drug-likeness (QED) is 0.342. The van der Waals surface area contributed by atoms with E-state index in [2.05, 4.69) is 20.2 Å². The standard InChI is InChI=1S/C24H27N5O5S/c1-15-12-26-18(13-25-15)11-17(3)35(30,31)14-22-27-28-24(21-10-9-16(2)34-21)29(22)23-19(32-4)7-6-8-20(23)33-5/h6-10,12-13,17H,11,14H2,1-5H3/t17-/m0/s1. The number of methoxy groups -OCH3 is 2. The van der Waals surface area contributed by atoms with Crippen molar-refractivity contribution >= 4 is 9.84 Å². The van der Waals surface area contributed by atoms with Crippen LogP contribution in [0.1, 0.15) is 29.9 Å². The fourth-order valence-corrected chi connectivity index (χ4v) is 4.94. The molecule has 4 rings (SSSR count). The van der Waals surface area contributed by atoms with Crippen LogP contribution >= 0.6 is 0 Å². The molecule has 0 N–H and O–H groups in total. The number of hydrogen-bond acceptors (Lipinski definition) is 9. The van der Waals surface area contributed by atoms with Gasteiger partial charge in [-0.15, -0.1) is 10.2 Å². The Bertz CT molecular complexity index is 1400. The molecular weight excluding hydrogens is 470 g/mol. The van der Waals surface area contributed by atoms with E-state index in [-0.39, 0.29) is 18.0 Å². The van der Waals surface area contributed by atoms with E-state index in [4.69, 9.17) is 13.9 Å². The van der Waals surface area contributed by atoms with Gasteiger partial charge in [-0.1, -0.05) is 6.07 Å². The fraction of sp³-hybridized carbons (Fsp3) is 0.333. The van der Waals surface area contributed by atoms with E-state index in [1.54, 1.807) is 54.2 Å². The number of sulfone groups is 1. The van der Waals surface area contributed by atoms with Gasteiger partial charge in [0, 0.05) is 18.8 Å². The third kappa shape index (κ3) is 5.04. The van der Waals surface area contributed by atoms with Crippen LogP contribution in [0.2, 0.25) is 0 Å². The van der Waals surface area contributed by atoms with Crippen LogP contribution in [-0.2, 0) is 22.0 Å². The molecule has 0 spiro atoms. The summed E-state index contributed by atoms with van der Waals surface area (Å²) in [6.45, 7) is 5.29. The number of aromatic nitrogens is 5. The second-order valence-electron chi connectivity index (χ2n) is 8.17.